The molecule has 2 rings (SSSR count). The second-order valence-corrected chi connectivity index (χ2v) is 6.29. The molecule has 0 fully saturated rings. The molecule has 0 amide bonds. The van der Waals surface area contributed by atoms with Crippen LogP contribution in [-0.2, 0) is 4.74 Å². The first-order valence-corrected chi connectivity index (χ1v) is 7.67. The van der Waals surface area contributed by atoms with Crippen molar-refractivity contribution in [3.8, 4) is 0 Å². The Morgan fingerprint density at radius 1 is 1.39 bits per heavy atom. The van der Waals surface area contributed by atoms with Crippen molar-refractivity contribution in [3.63, 3.8) is 0 Å². The molecule has 1 aromatic carbocycles. The third-order valence-electron chi connectivity index (χ3n) is 3.26. The first kappa shape index (κ1) is 13.9. The van der Waals surface area contributed by atoms with Gasteiger partial charge in [-0.15, -0.1) is 11.8 Å². The van der Waals surface area contributed by atoms with Gasteiger partial charge in [0.25, 0.3) is 0 Å². The highest BCUT2D eigenvalue weighted by molar-refractivity contribution is 7.99. The summed E-state index contributed by atoms with van der Waals surface area (Å²) in [7, 11) is 2.19. The monoisotopic (exact) mass is 265 g/mol. The Hall–Kier alpha value is -0.510. The van der Waals surface area contributed by atoms with Gasteiger partial charge < -0.3 is 9.64 Å². The molecule has 0 N–H and O–H groups in total. The molecule has 1 aliphatic heterocycles. The Labute approximate surface area is 115 Å². The third kappa shape index (κ3) is 3.74. The highest BCUT2D eigenvalue weighted by Gasteiger charge is 2.23. The number of ether oxygens (including phenoxy) is 1. The quantitative estimate of drug-likeness (QED) is 0.783. The average molecular weight is 265 g/mol. The van der Waals surface area contributed by atoms with E-state index >= 15 is 0 Å². The molecule has 1 heterocycles. The van der Waals surface area contributed by atoms with Gasteiger partial charge >= 0.3 is 0 Å². The first-order valence-electron chi connectivity index (χ1n) is 6.68. The summed E-state index contributed by atoms with van der Waals surface area (Å²) in [6, 6.07) is 8.80. The Kier molecular flexibility index (Phi) is 5.10. The number of benzene rings is 1. The molecule has 1 atom stereocenters. The van der Waals surface area contributed by atoms with Gasteiger partial charge in [0.1, 0.15) is 0 Å². The van der Waals surface area contributed by atoms with Crippen molar-refractivity contribution in [1.29, 1.82) is 0 Å². The molecule has 18 heavy (non-hydrogen) atoms. The molecule has 3 heteroatoms. The molecule has 0 saturated heterocycles. The highest BCUT2D eigenvalue weighted by atomic mass is 32.2. The predicted molar refractivity (Wildman–Crippen MR) is 78.5 cm³/mol. The lowest BCUT2D eigenvalue weighted by Gasteiger charge is -2.21. The van der Waals surface area contributed by atoms with E-state index in [1.165, 1.54) is 16.2 Å². The molecular weight excluding hydrogens is 242 g/mol. The van der Waals surface area contributed by atoms with Gasteiger partial charge in [-0.2, -0.15) is 0 Å². The normalized spacial score (nSPS) is 18.6. The van der Waals surface area contributed by atoms with Crippen molar-refractivity contribution >= 4 is 11.8 Å². The van der Waals surface area contributed by atoms with Crippen molar-refractivity contribution in [2.75, 3.05) is 32.5 Å². The molecule has 100 valence electrons. The van der Waals surface area contributed by atoms with Crippen molar-refractivity contribution < 1.29 is 4.74 Å². The number of fused-ring (bicyclic) bond motifs is 1. The molecule has 0 aromatic heterocycles. The van der Waals surface area contributed by atoms with E-state index in [1.54, 1.807) is 0 Å². The second kappa shape index (κ2) is 6.60. The summed E-state index contributed by atoms with van der Waals surface area (Å²) < 4.78 is 5.60. The van der Waals surface area contributed by atoms with E-state index in [2.05, 4.69) is 50.1 Å². The minimum Gasteiger partial charge on any atom is -0.377 e. The lowest BCUT2D eigenvalue weighted by atomic mass is 10.0. The van der Waals surface area contributed by atoms with Gasteiger partial charge in [-0.3, -0.25) is 0 Å². The van der Waals surface area contributed by atoms with E-state index in [4.69, 9.17) is 4.74 Å². The SMILES string of the molecule is CC(C)OCCN(C)CC1CSc2ccccc21. The van der Waals surface area contributed by atoms with Crippen LogP contribution in [0.5, 0.6) is 0 Å². The van der Waals surface area contributed by atoms with E-state index in [-0.39, 0.29) is 0 Å². The fourth-order valence-electron chi connectivity index (χ4n) is 2.29. The number of thioether (sulfide) groups is 1. The summed E-state index contributed by atoms with van der Waals surface area (Å²) >= 11 is 1.99. The molecule has 0 bridgehead atoms. The maximum absolute atomic E-state index is 5.60. The average Bonchev–Trinajstić information content (AvgIpc) is 2.72. The van der Waals surface area contributed by atoms with Crippen LogP contribution in [0.1, 0.15) is 25.3 Å². The molecule has 2 nitrogen and oxygen atoms in total. The van der Waals surface area contributed by atoms with Gasteiger partial charge in [0.2, 0.25) is 0 Å². The summed E-state index contributed by atoms with van der Waals surface area (Å²) in [6.07, 6.45) is 0.334. The maximum atomic E-state index is 5.60. The minimum atomic E-state index is 0.334. The van der Waals surface area contributed by atoms with Crippen LogP contribution in [0, 0.1) is 0 Å². The van der Waals surface area contributed by atoms with Crippen molar-refractivity contribution in [3.05, 3.63) is 29.8 Å². The second-order valence-electron chi connectivity index (χ2n) is 5.23. The van der Waals surface area contributed by atoms with Gasteiger partial charge in [0.05, 0.1) is 12.7 Å². The van der Waals surface area contributed by atoms with Crippen LogP contribution in [0.25, 0.3) is 0 Å². The Bertz CT molecular complexity index is 381. The van der Waals surface area contributed by atoms with E-state index in [0.717, 1.165) is 19.7 Å². The Morgan fingerprint density at radius 3 is 2.94 bits per heavy atom. The molecule has 0 saturated carbocycles. The lowest BCUT2D eigenvalue weighted by Crippen LogP contribution is -2.29. The lowest BCUT2D eigenvalue weighted by molar-refractivity contribution is 0.0632. The van der Waals surface area contributed by atoms with Crippen LogP contribution >= 0.6 is 11.8 Å². The number of rotatable bonds is 6. The number of likely N-dealkylation sites (N-methyl/N-ethyl adjacent to an activating group) is 1. The summed E-state index contributed by atoms with van der Waals surface area (Å²) in [5, 5.41) is 0. The molecular formula is C15H23NOS. The zero-order chi connectivity index (χ0) is 13.0. The van der Waals surface area contributed by atoms with Crippen LogP contribution < -0.4 is 0 Å². The molecule has 1 aliphatic rings. The third-order valence-corrected chi connectivity index (χ3v) is 4.51. The zero-order valence-electron chi connectivity index (χ0n) is 11.6. The fraction of sp³-hybridized carbons (Fsp3) is 0.600. The van der Waals surface area contributed by atoms with E-state index in [9.17, 15) is 0 Å². The van der Waals surface area contributed by atoms with Crippen LogP contribution in [0.4, 0.5) is 0 Å². The van der Waals surface area contributed by atoms with Gasteiger partial charge in [-0.1, -0.05) is 18.2 Å². The number of hydrogen-bond acceptors (Lipinski definition) is 3. The van der Waals surface area contributed by atoms with Crippen molar-refractivity contribution in [2.45, 2.75) is 30.8 Å². The zero-order valence-corrected chi connectivity index (χ0v) is 12.4. The standard InChI is InChI=1S/C15H23NOS/c1-12(2)17-9-8-16(3)10-13-11-18-15-7-5-4-6-14(13)15/h4-7,12-13H,8-11H2,1-3H3. The molecule has 1 aromatic rings. The van der Waals surface area contributed by atoms with Gasteiger partial charge in [-0.25, -0.2) is 0 Å². The van der Waals surface area contributed by atoms with Crippen molar-refractivity contribution in [2.24, 2.45) is 0 Å². The van der Waals surface area contributed by atoms with E-state index in [0.29, 0.717) is 12.0 Å². The summed E-state index contributed by atoms with van der Waals surface area (Å²) in [5.41, 5.74) is 1.53. The Balaban J connectivity index is 1.80. The maximum Gasteiger partial charge on any atom is 0.0596 e. The summed E-state index contributed by atoms with van der Waals surface area (Å²) in [5.74, 6) is 1.89. The largest absolute Gasteiger partial charge is 0.377 e. The molecule has 0 aliphatic carbocycles. The van der Waals surface area contributed by atoms with Crippen LogP contribution in [0.2, 0.25) is 0 Å². The minimum absolute atomic E-state index is 0.334. The van der Waals surface area contributed by atoms with E-state index in [1.807, 2.05) is 11.8 Å². The Morgan fingerprint density at radius 2 is 2.17 bits per heavy atom. The number of nitrogens with zero attached hydrogens (tertiary/aromatic N) is 1. The van der Waals surface area contributed by atoms with Crippen LogP contribution in [-0.4, -0.2) is 43.5 Å². The summed E-state index contributed by atoms with van der Waals surface area (Å²) in [4.78, 5) is 3.85. The van der Waals surface area contributed by atoms with Crippen LogP contribution in [0.15, 0.2) is 29.2 Å². The molecule has 1 unspecified atom stereocenters. The smallest absolute Gasteiger partial charge is 0.0596 e. The van der Waals surface area contributed by atoms with Gasteiger partial charge in [-0.05, 0) is 32.5 Å². The van der Waals surface area contributed by atoms with Gasteiger partial charge in [0.15, 0.2) is 0 Å². The molecule has 0 radical (unpaired) electrons. The highest BCUT2D eigenvalue weighted by Crippen LogP contribution is 2.39. The topological polar surface area (TPSA) is 12.5 Å². The van der Waals surface area contributed by atoms with Crippen molar-refractivity contribution in [1.82, 2.24) is 4.90 Å². The van der Waals surface area contributed by atoms with E-state index < -0.39 is 0 Å². The fourth-order valence-corrected chi connectivity index (χ4v) is 3.53. The van der Waals surface area contributed by atoms with Crippen LogP contribution in [0.3, 0.4) is 0 Å². The van der Waals surface area contributed by atoms with Gasteiger partial charge in [0, 0.05) is 29.7 Å². The molecule has 0 spiro atoms. The predicted octanol–water partition coefficient (Wildman–Crippen LogP) is 3.23. The summed E-state index contributed by atoms with van der Waals surface area (Å²) in [6.45, 7) is 7.15. The first-order chi connectivity index (χ1) is 8.66. The number of hydrogen-bond donors (Lipinski definition) is 0.